The van der Waals surface area contributed by atoms with E-state index in [1.165, 1.54) is 41.3 Å². The standard InChI is InChI=1S/C26H19F2N3OS/c27-21-10-6-11-22(28)20(21)16-30-31-23(25-15-19-9-4-5-12-24(19)32-25)17-33-26(31)29-14-13-18-7-2-1-3-8-18/h1-12,15-17H,13-14H2/b29-26?,30-16+. The summed E-state index contributed by atoms with van der Waals surface area (Å²) in [6.45, 7) is 0.549. The smallest absolute Gasteiger partial charge is 0.206 e. The van der Waals surface area contributed by atoms with Gasteiger partial charge in [0.1, 0.15) is 22.9 Å². The minimum absolute atomic E-state index is 0.206. The second-order valence-electron chi connectivity index (χ2n) is 7.36. The highest BCUT2D eigenvalue weighted by atomic mass is 32.1. The Bertz CT molecular complexity index is 1450. The fourth-order valence-corrected chi connectivity index (χ4v) is 4.32. The van der Waals surface area contributed by atoms with Crippen molar-refractivity contribution in [3.05, 3.63) is 112 Å². The van der Waals surface area contributed by atoms with Crippen molar-refractivity contribution >= 4 is 28.5 Å². The molecule has 164 valence electrons. The van der Waals surface area contributed by atoms with E-state index in [2.05, 4.69) is 17.2 Å². The van der Waals surface area contributed by atoms with E-state index in [0.29, 0.717) is 22.8 Å². The largest absolute Gasteiger partial charge is 0.454 e. The van der Waals surface area contributed by atoms with Crippen LogP contribution in [0.2, 0.25) is 0 Å². The van der Waals surface area contributed by atoms with E-state index < -0.39 is 11.6 Å². The summed E-state index contributed by atoms with van der Waals surface area (Å²) in [4.78, 5) is 5.30. The Balaban J connectivity index is 1.56. The lowest BCUT2D eigenvalue weighted by atomic mass is 10.2. The number of thiazole rings is 1. The van der Waals surface area contributed by atoms with Crippen LogP contribution in [0.3, 0.4) is 0 Å². The number of para-hydroxylation sites is 1. The van der Waals surface area contributed by atoms with Crippen LogP contribution in [0.5, 0.6) is 0 Å². The number of fused-ring (bicyclic) bond motifs is 1. The van der Waals surface area contributed by atoms with Gasteiger partial charge in [0.2, 0.25) is 4.80 Å². The Labute approximate surface area is 192 Å². The second kappa shape index (κ2) is 9.34. The van der Waals surface area contributed by atoms with Crippen molar-refractivity contribution in [2.75, 3.05) is 6.54 Å². The van der Waals surface area contributed by atoms with Crippen molar-refractivity contribution in [3.8, 4) is 11.5 Å². The molecule has 0 radical (unpaired) electrons. The predicted molar refractivity (Wildman–Crippen MR) is 127 cm³/mol. The second-order valence-corrected chi connectivity index (χ2v) is 8.20. The highest BCUT2D eigenvalue weighted by molar-refractivity contribution is 7.07. The average Bonchev–Trinajstić information content (AvgIpc) is 3.43. The highest BCUT2D eigenvalue weighted by Gasteiger charge is 2.13. The summed E-state index contributed by atoms with van der Waals surface area (Å²) in [5.74, 6) is -0.756. The fraction of sp³-hybridized carbons (Fsp3) is 0.0769. The van der Waals surface area contributed by atoms with Gasteiger partial charge in [-0.25, -0.2) is 13.5 Å². The minimum atomic E-state index is -0.678. The molecule has 0 aliphatic heterocycles. The molecule has 0 amide bonds. The first-order valence-corrected chi connectivity index (χ1v) is 11.3. The minimum Gasteiger partial charge on any atom is -0.454 e. The molecule has 3 aromatic carbocycles. The molecule has 0 fully saturated rings. The van der Waals surface area contributed by atoms with Gasteiger partial charge in [-0.15, -0.1) is 11.3 Å². The van der Waals surface area contributed by atoms with E-state index >= 15 is 0 Å². The molecule has 5 rings (SSSR count). The predicted octanol–water partition coefficient (Wildman–Crippen LogP) is 6.27. The van der Waals surface area contributed by atoms with Gasteiger partial charge in [0.15, 0.2) is 5.76 Å². The molecule has 0 saturated carbocycles. The van der Waals surface area contributed by atoms with Crippen LogP contribution in [-0.4, -0.2) is 17.4 Å². The van der Waals surface area contributed by atoms with Gasteiger partial charge in [-0.3, -0.25) is 4.99 Å². The number of hydrogen-bond acceptors (Lipinski definition) is 4. The van der Waals surface area contributed by atoms with Crippen LogP contribution in [0.15, 0.2) is 98.8 Å². The number of nitrogens with zero attached hydrogens (tertiary/aromatic N) is 3. The van der Waals surface area contributed by atoms with Gasteiger partial charge in [-0.1, -0.05) is 54.6 Å². The van der Waals surface area contributed by atoms with Crippen molar-refractivity contribution in [2.45, 2.75) is 6.42 Å². The van der Waals surface area contributed by atoms with E-state index in [-0.39, 0.29) is 5.56 Å². The Hall–Kier alpha value is -3.84. The maximum Gasteiger partial charge on any atom is 0.206 e. The first-order chi connectivity index (χ1) is 16.2. The van der Waals surface area contributed by atoms with Crippen molar-refractivity contribution in [1.29, 1.82) is 0 Å². The molecule has 0 N–H and O–H groups in total. The molecule has 0 aliphatic rings. The van der Waals surface area contributed by atoms with E-state index in [1.807, 2.05) is 53.9 Å². The van der Waals surface area contributed by atoms with Gasteiger partial charge in [-0.05, 0) is 36.2 Å². The lowest BCUT2D eigenvalue weighted by molar-refractivity contribution is 0.579. The summed E-state index contributed by atoms with van der Waals surface area (Å²) < 4.78 is 35.9. The average molecular weight is 460 g/mol. The van der Waals surface area contributed by atoms with Crippen molar-refractivity contribution in [1.82, 2.24) is 4.68 Å². The van der Waals surface area contributed by atoms with Crippen molar-refractivity contribution in [2.24, 2.45) is 10.1 Å². The molecule has 0 saturated heterocycles. The first kappa shape index (κ1) is 21.0. The lowest BCUT2D eigenvalue weighted by Crippen LogP contribution is -2.13. The zero-order valence-corrected chi connectivity index (χ0v) is 18.3. The van der Waals surface area contributed by atoms with Gasteiger partial charge in [-0.2, -0.15) is 5.10 Å². The molecule has 2 heterocycles. The van der Waals surface area contributed by atoms with Crippen LogP contribution in [0.4, 0.5) is 8.78 Å². The molecular formula is C26H19F2N3OS. The van der Waals surface area contributed by atoms with Crippen LogP contribution in [0.25, 0.3) is 22.4 Å². The maximum atomic E-state index is 14.2. The summed E-state index contributed by atoms with van der Waals surface area (Å²) in [7, 11) is 0. The Morgan fingerprint density at radius 1 is 0.909 bits per heavy atom. The molecule has 0 unspecified atom stereocenters. The van der Waals surface area contributed by atoms with Gasteiger partial charge in [0.25, 0.3) is 0 Å². The SMILES string of the molecule is Fc1cccc(F)c1/C=N/n1c(-c2cc3ccccc3o2)csc1=NCCc1ccccc1. The van der Waals surface area contributed by atoms with Crippen LogP contribution in [-0.2, 0) is 6.42 Å². The summed E-state index contributed by atoms with van der Waals surface area (Å²) in [6.07, 6.45) is 1.95. The van der Waals surface area contributed by atoms with Crippen LogP contribution in [0.1, 0.15) is 11.1 Å². The lowest BCUT2D eigenvalue weighted by Gasteiger charge is -2.02. The molecule has 33 heavy (non-hydrogen) atoms. The summed E-state index contributed by atoms with van der Waals surface area (Å²) in [5.41, 5.74) is 2.38. The normalized spacial score (nSPS) is 12.2. The molecular weight excluding hydrogens is 440 g/mol. The number of benzene rings is 3. The number of halogens is 2. The van der Waals surface area contributed by atoms with Crippen LogP contribution < -0.4 is 4.80 Å². The molecule has 0 spiro atoms. The quantitative estimate of drug-likeness (QED) is 0.276. The molecule has 5 aromatic rings. The monoisotopic (exact) mass is 459 g/mol. The molecule has 2 aromatic heterocycles. The zero-order chi connectivity index (χ0) is 22.6. The first-order valence-electron chi connectivity index (χ1n) is 10.4. The van der Waals surface area contributed by atoms with E-state index in [4.69, 9.17) is 9.41 Å². The Kier molecular flexibility index (Phi) is 5.95. The van der Waals surface area contributed by atoms with Crippen molar-refractivity contribution in [3.63, 3.8) is 0 Å². The van der Waals surface area contributed by atoms with Gasteiger partial charge in [0, 0.05) is 17.3 Å². The summed E-state index contributed by atoms with van der Waals surface area (Å²) >= 11 is 1.39. The molecule has 7 heteroatoms. The number of rotatable bonds is 6. The van der Waals surface area contributed by atoms with E-state index in [0.717, 1.165) is 17.4 Å². The van der Waals surface area contributed by atoms with Gasteiger partial charge >= 0.3 is 0 Å². The van der Waals surface area contributed by atoms with Gasteiger partial charge in [0.05, 0.1) is 11.8 Å². The molecule has 0 aliphatic carbocycles. The number of aromatic nitrogens is 1. The zero-order valence-electron chi connectivity index (χ0n) is 17.5. The van der Waals surface area contributed by atoms with Crippen molar-refractivity contribution < 1.29 is 13.2 Å². The molecule has 4 nitrogen and oxygen atoms in total. The Morgan fingerprint density at radius 2 is 1.67 bits per heavy atom. The Morgan fingerprint density at radius 3 is 2.45 bits per heavy atom. The molecule has 0 bridgehead atoms. The maximum absolute atomic E-state index is 14.2. The van der Waals surface area contributed by atoms with Gasteiger partial charge < -0.3 is 4.42 Å². The highest BCUT2D eigenvalue weighted by Crippen LogP contribution is 2.28. The number of hydrogen-bond donors (Lipinski definition) is 0. The third-order valence-electron chi connectivity index (χ3n) is 5.16. The third-order valence-corrected chi connectivity index (χ3v) is 6.01. The van der Waals surface area contributed by atoms with E-state index in [9.17, 15) is 8.78 Å². The fourth-order valence-electron chi connectivity index (χ4n) is 3.47. The molecule has 0 atom stereocenters. The topological polar surface area (TPSA) is 42.8 Å². The summed E-state index contributed by atoms with van der Waals surface area (Å²) in [5, 5.41) is 7.24. The van der Waals surface area contributed by atoms with Crippen LogP contribution in [0, 0.1) is 11.6 Å². The number of furan rings is 1. The van der Waals surface area contributed by atoms with Crippen LogP contribution >= 0.6 is 11.3 Å². The summed E-state index contributed by atoms with van der Waals surface area (Å²) in [6, 6.07) is 23.4. The third kappa shape index (κ3) is 4.54. The van der Waals surface area contributed by atoms with E-state index in [1.54, 1.807) is 4.68 Å².